The molecule has 0 spiro atoms. The van der Waals surface area contributed by atoms with Gasteiger partial charge in [0.25, 0.3) is 0 Å². The average molecular weight is 689 g/mol. The van der Waals surface area contributed by atoms with Gasteiger partial charge in [-0.3, -0.25) is 14.4 Å². The van der Waals surface area contributed by atoms with Gasteiger partial charge in [0.2, 0.25) is 0 Å². The summed E-state index contributed by atoms with van der Waals surface area (Å²) < 4.78 is 47.3. The lowest BCUT2D eigenvalue weighted by Crippen LogP contribution is -2.43. The first-order valence-corrected chi connectivity index (χ1v) is 17.4. The molecule has 2 atom stereocenters. The van der Waals surface area contributed by atoms with Crippen LogP contribution in [0.25, 0.3) is 0 Å². The normalized spacial score (nSPS) is 15.0. The number of cyclic esters (lactones) is 1. The quantitative estimate of drug-likeness (QED) is 0.0903. The molecule has 0 aromatic heterocycles. The summed E-state index contributed by atoms with van der Waals surface area (Å²) in [5.41, 5.74) is 3.27. The maximum Gasteiger partial charge on any atom is 0.391 e. The first-order chi connectivity index (χ1) is 22.8. The van der Waals surface area contributed by atoms with Gasteiger partial charge in [0, 0.05) is 17.5 Å². The van der Waals surface area contributed by atoms with Crippen LogP contribution in [0, 0.1) is 6.92 Å². The van der Waals surface area contributed by atoms with Gasteiger partial charge in [0.05, 0.1) is 20.3 Å². The summed E-state index contributed by atoms with van der Waals surface area (Å²) in [5, 5.41) is 5.28. The summed E-state index contributed by atoms with van der Waals surface area (Å²) in [4.78, 5) is 50.6. The Morgan fingerprint density at radius 2 is 1.56 bits per heavy atom. The number of benzene rings is 2. The number of fused-ring (bicyclic) bond motifs is 1. The molecule has 0 aliphatic carbocycles. The molecule has 1 aliphatic heterocycles. The minimum absolute atomic E-state index is 0.0512. The van der Waals surface area contributed by atoms with Crippen molar-refractivity contribution >= 4 is 31.5 Å². The Kier molecular flexibility index (Phi) is 14.2. The number of carbonyl (C=O) groups is 4. The molecule has 0 amide bonds. The summed E-state index contributed by atoms with van der Waals surface area (Å²) >= 11 is 0. The largest absolute Gasteiger partial charge is 0.496 e. The highest BCUT2D eigenvalue weighted by Gasteiger charge is 2.40. The van der Waals surface area contributed by atoms with E-state index in [1.807, 2.05) is 43.3 Å². The lowest BCUT2D eigenvalue weighted by atomic mass is 9.94. The monoisotopic (exact) mass is 688 g/mol. The zero-order valence-electron chi connectivity index (χ0n) is 28.5. The van der Waals surface area contributed by atoms with Gasteiger partial charge in [-0.2, -0.15) is 0 Å². The second-order valence-electron chi connectivity index (χ2n) is 11.1. The number of ether oxygens (including phenoxy) is 5. The molecule has 1 heterocycles. The Hall–Kier alpha value is -4.19. The summed E-state index contributed by atoms with van der Waals surface area (Å²) in [6.07, 6.45) is 2.53. The predicted octanol–water partition coefficient (Wildman–Crippen LogP) is 5.26. The van der Waals surface area contributed by atoms with Crippen LogP contribution in [-0.4, -0.2) is 56.3 Å². The van der Waals surface area contributed by atoms with Crippen LogP contribution < -0.4 is 19.4 Å². The molecular formula is C34H45N2O11P. The van der Waals surface area contributed by atoms with E-state index in [9.17, 15) is 23.7 Å². The van der Waals surface area contributed by atoms with E-state index in [2.05, 4.69) is 10.2 Å². The van der Waals surface area contributed by atoms with Crippen molar-refractivity contribution in [3.63, 3.8) is 0 Å². The van der Waals surface area contributed by atoms with Crippen molar-refractivity contribution in [3.05, 3.63) is 69.8 Å². The second kappa shape index (κ2) is 17.8. The first kappa shape index (κ1) is 38.3. The molecule has 48 heavy (non-hydrogen) atoms. The lowest BCUT2D eigenvalue weighted by Gasteiger charge is -2.28. The summed E-state index contributed by atoms with van der Waals surface area (Å²) in [7, 11) is -2.93. The number of methoxy groups -OCH3 is 1. The van der Waals surface area contributed by atoms with E-state index in [-0.39, 0.29) is 56.6 Å². The van der Waals surface area contributed by atoms with Crippen LogP contribution in [0.15, 0.2) is 42.0 Å². The Morgan fingerprint density at radius 1 is 0.958 bits per heavy atom. The summed E-state index contributed by atoms with van der Waals surface area (Å²) in [6, 6.07) is 7.09. The van der Waals surface area contributed by atoms with Crippen LogP contribution in [0.2, 0.25) is 0 Å². The number of esters is 4. The van der Waals surface area contributed by atoms with Crippen molar-refractivity contribution in [1.82, 2.24) is 10.2 Å². The molecule has 1 aliphatic rings. The molecule has 3 rings (SSSR count). The van der Waals surface area contributed by atoms with E-state index in [0.29, 0.717) is 28.9 Å². The highest BCUT2D eigenvalue weighted by Crippen LogP contribution is 2.49. The van der Waals surface area contributed by atoms with Crippen molar-refractivity contribution in [2.75, 3.05) is 20.3 Å². The van der Waals surface area contributed by atoms with Gasteiger partial charge < -0.3 is 28.2 Å². The van der Waals surface area contributed by atoms with Gasteiger partial charge in [0.15, 0.2) is 5.75 Å². The first-order valence-electron chi connectivity index (χ1n) is 15.8. The zero-order valence-corrected chi connectivity index (χ0v) is 29.4. The van der Waals surface area contributed by atoms with Crippen molar-refractivity contribution in [2.24, 2.45) is 0 Å². The number of hydrogen-bond acceptors (Lipinski definition) is 11. The Morgan fingerprint density at radius 3 is 2.12 bits per heavy atom. The molecule has 2 N–H and O–H groups in total. The van der Waals surface area contributed by atoms with E-state index in [1.54, 1.807) is 20.8 Å². The van der Waals surface area contributed by atoms with Gasteiger partial charge in [-0.15, -0.1) is 0 Å². The van der Waals surface area contributed by atoms with E-state index in [4.69, 9.17) is 28.2 Å². The predicted molar refractivity (Wildman–Crippen MR) is 176 cm³/mol. The Labute approximate surface area is 281 Å². The highest BCUT2D eigenvalue weighted by molar-refractivity contribution is 7.55. The molecule has 0 bridgehead atoms. The van der Waals surface area contributed by atoms with E-state index < -0.39 is 37.7 Å². The molecule has 262 valence electrons. The van der Waals surface area contributed by atoms with Crippen molar-refractivity contribution in [1.29, 1.82) is 0 Å². The average Bonchev–Trinajstić information content (AvgIpc) is 3.45. The minimum Gasteiger partial charge on any atom is -0.496 e. The molecule has 2 aromatic carbocycles. The molecule has 2 unspecified atom stereocenters. The maximum absolute atomic E-state index is 14.5. The highest BCUT2D eigenvalue weighted by atomic mass is 31.2. The molecule has 0 fully saturated rings. The second-order valence-corrected chi connectivity index (χ2v) is 12.9. The topological polar surface area (TPSA) is 165 Å². The fourth-order valence-corrected chi connectivity index (χ4v) is 6.84. The molecular weight excluding hydrogens is 643 g/mol. The third-order valence-corrected chi connectivity index (χ3v) is 9.37. The summed E-state index contributed by atoms with van der Waals surface area (Å²) in [5.74, 6) is -2.20. The van der Waals surface area contributed by atoms with Crippen molar-refractivity contribution in [3.8, 4) is 11.5 Å². The van der Waals surface area contributed by atoms with E-state index in [0.717, 1.165) is 11.1 Å². The van der Waals surface area contributed by atoms with Gasteiger partial charge >= 0.3 is 31.5 Å². The van der Waals surface area contributed by atoms with Crippen molar-refractivity contribution < 1.29 is 52.0 Å². The third-order valence-electron chi connectivity index (χ3n) is 7.47. The summed E-state index contributed by atoms with van der Waals surface area (Å²) in [6.45, 7) is 10.0. The smallest absolute Gasteiger partial charge is 0.391 e. The molecule has 0 radical (unpaired) electrons. The van der Waals surface area contributed by atoms with E-state index in [1.165, 1.54) is 21.0 Å². The fraction of sp³-hybridized carbons (Fsp3) is 0.471. The van der Waals surface area contributed by atoms with Crippen LogP contribution in [0.4, 0.5) is 0 Å². The van der Waals surface area contributed by atoms with Crippen molar-refractivity contribution in [2.45, 2.75) is 86.1 Å². The van der Waals surface area contributed by atoms with Gasteiger partial charge in [-0.1, -0.05) is 42.0 Å². The number of rotatable bonds is 18. The van der Waals surface area contributed by atoms with Gasteiger partial charge in [-0.05, 0) is 65.5 Å². The molecule has 0 saturated carbocycles. The van der Waals surface area contributed by atoms with Crippen LogP contribution in [0.5, 0.6) is 11.5 Å². The number of nitrogens with one attached hydrogen (secondary N) is 2. The maximum atomic E-state index is 14.5. The van der Waals surface area contributed by atoms with E-state index >= 15 is 0 Å². The molecule has 0 saturated heterocycles. The third kappa shape index (κ3) is 10.2. The number of hydrogen-bond donors (Lipinski definition) is 2. The minimum atomic E-state index is -4.39. The van der Waals surface area contributed by atoms with Gasteiger partial charge in [0.1, 0.15) is 36.6 Å². The standard InChI is InChI=1S/C34H45N2O11P/c1-8-43-32(38)23(5)35-48(41,36-24(6)33(39)44-9-2)47-31-26(30(42-7)22(4)27-20-46-34(40)29(27)31)17-15-21(3)16-18-28(37)45-19-25-13-11-10-12-14-25/h10-15,23-24H,8-9,16-20H2,1-7H3,(H2,35,36,41)/b21-15+. The Bertz CT molecular complexity index is 1530. The van der Waals surface area contributed by atoms with Crippen LogP contribution >= 0.6 is 7.67 Å². The molecule has 14 heteroatoms. The number of carbonyl (C=O) groups excluding carboxylic acids is 4. The number of allylic oxidation sites excluding steroid dienone is 2. The zero-order chi connectivity index (χ0) is 35.4. The molecule has 13 nitrogen and oxygen atoms in total. The van der Waals surface area contributed by atoms with Crippen LogP contribution in [-0.2, 0) is 57.5 Å². The van der Waals surface area contributed by atoms with Crippen LogP contribution in [0.1, 0.15) is 80.1 Å². The molecule has 2 aromatic rings. The Balaban J connectivity index is 1.97. The van der Waals surface area contributed by atoms with Gasteiger partial charge in [-0.25, -0.2) is 19.5 Å². The van der Waals surface area contributed by atoms with Crippen LogP contribution in [0.3, 0.4) is 0 Å². The SMILES string of the molecule is CCOC(=O)C(C)NP(=O)(NC(C)C(=O)OCC)Oc1c(C/C=C(\C)CCC(=O)OCc2ccccc2)c(OC)c(C)c2c1C(=O)OC2. The fourth-order valence-electron chi connectivity index (χ4n) is 4.97. The lowest BCUT2D eigenvalue weighted by molar-refractivity contribution is -0.145.